The van der Waals surface area contributed by atoms with E-state index in [0.717, 1.165) is 0 Å². The second-order valence-corrected chi connectivity index (χ2v) is 3.77. The van der Waals surface area contributed by atoms with Crippen LogP contribution in [0.1, 0.15) is 39.5 Å². The molecule has 0 spiro atoms. The molecule has 0 aromatic rings. The van der Waals surface area contributed by atoms with Gasteiger partial charge in [0.1, 0.15) is 0 Å². The number of hydrogen-bond donors (Lipinski definition) is 0. The van der Waals surface area contributed by atoms with Crippen LogP contribution in [-0.2, 0) is 14.7 Å². The summed E-state index contributed by atoms with van der Waals surface area (Å²) in [5.41, 5.74) is 0. The first-order valence-electron chi connectivity index (χ1n) is 3.89. The fourth-order valence-corrected chi connectivity index (χ4v) is 2.00. The average molecular weight is 173 g/mol. The van der Waals surface area contributed by atoms with E-state index in [9.17, 15) is 0 Å². The third-order valence-corrected chi connectivity index (χ3v) is 2.65. The van der Waals surface area contributed by atoms with Gasteiger partial charge < -0.3 is 0 Å². The molecule has 0 unspecified atom stereocenters. The Morgan fingerprint density at radius 1 is 0.889 bits per heavy atom. The Morgan fingerprint density at radius 3 is 1.67 bits per heavy atom. The summed E-state index contributed by atoms with van der Waals surface area (Å²) < 4.78 is 0. The first-order chi connectivity index (χ1) is 4.41. The van der Waals surface area contributed by atoms with Gasteiger partial charge in [-0.1, -0.05) is 0 Å². The molecule has 0 aliphatic rings. The summed E-state index contributed by atoms with van der Waals surface area (Å²) >= 11 is 1.70. The van der Waals surface area contributed by atoms with Gasteiger partial charge in [0.2, 0.25) is 0 Å². The number of rotatable bonds is 6. The molecule has 0 amide bonds. The summed E-state index contributed by atoms with van der Waals surface area (Å²) in [5, 5.41) is 2.85. The summed E-state index contributed by atoms with van der Waals surface area (Å²) in [4.78, 5) is 0. The van der Waals surface area contributed by atoms with Crippen molar-refractivity contribution in [3.05, 3.63) is 0 Å². The fourth-order valence-electron chi connectivity index (χ4n) is 0.486. The van der Waals surface area contributed by atoms with E-state index in [0.29, 0.717) is 0 Å². The first-order valence-corrected chi connectivity index (χ1v) is 5.36. The first kappa shape index (κ1) is 9.51. The number of hydrogen-bond acceptors (Lipinski definition) is 0. The zero-order chi connectivity index (χ0) is 6.95. The van der Waals surface area contributed by atoms with Gasteiger partial charge in [-0.3, -0.25) is 0 Å². The van der Waals surface area contributed by atoms with Gasteiger partial charge >= 0.3 is 64.9 Å². The standard InChI is InChI=1S/2C4H9.Co/c2*1-3-4-2;/h2*1,3-4H2,2H3;. The van der Waals surface area contributed by atoms with Crippen LogP contribution in [0.3, 0.4) is 0 Å². The summed E-state index contributed by atoms with van der Waals surface area (Å²) in [6.45, 7) is 4.52. The maximum absolute atomic E-state index is 2.26. The van der Waals surface area contributed by atoms with Crippen LogP contribution in [0.15, 0.2) is 0 Å². The predicted octanol–water partition coefficient (Wildman–Crippen LogP) is 3.51. The van der Waals surface area contributed by atoms with Crippen molar-refractivity contribution in [2.45, 2.75) is 50.2 Å². The van der Waals surface area contributed by atoms with Crippen molar-refractivity contribution in [2.24, 2.45) is 0 Å². The van der Waals surface area contributed by atoms with Gasteiger partial charge in [0, 0.05) is 0 Å². The van der Waals surface area contributed by atoms with Crippen LogP contribution in [0.5, 0.6) is 0 Å². The van der Waals surface area contributed by atoms with Crippen LogP contribution in [0, 0.1) is 0 Å². The molecule has 0 saturated heterocycles. The SMILES string of the molecule is CCC[CH2][Co][CH2]CCC. The minimum atomic E-state index is 1.36. The molecule has 0 aromatic carbocycles. The topological polar surface area (TPSA) is 0 Å². The molecule has 0 aliphatic carbocycles. The van der Waals surface area contributed by atoms with Crippen LogP contribution in [0.2, 0.25) is 10.7 Å². The van der Waals surface area contributed by atoms with Crippen LogP contribution >= 0.6 is 0 Å². The average Bonchev–Trinajstić information content (AvgIpc) is 1.89. The van der Waals surface area contributed by atoms with Crippen molar-refractivity contribution in [3.8, 4) is 0 Å². The molecule has 0 aliphatic heterocycles. The summed E-state index contributed by atoms with van der Waals surface area (Å²) in [6, 6.07) is 0. The quantitative estimate of drug-likeness (QED) is 0.539. The van der Waals surface area contributed by atoms with E-state index < -0.39 is 0 Å². The molecule has 9 heavy (non-hydrogen) atoms. The molecular formula is C8H18Co. The molecular weight excluding hydrogens is 155 g/mol. The maximum atomic E-state index is 2.26. The van der Waals surface area contributed by atoms with Crippen molar-refractivity contribution >= 4 is 0 Å². The van der Waals surface area contributed by atoms with Gasteiger partial charge in [0.25, 0.3) is 0 Å². The Labute approximate surface area is 65.4 Å². The van der Waals surface area contributed by atoms with Crippen LogP contribution in [-0.4, -0.2) is 0 Å². The summed E-state index contributed by atoms with van der Waals surface area (Å²) in [6.07, 6.45) is 5.56. The zero-order valence-electron chi connectivity index (χ0n) is 6.58. The fraction of sp³-hybridized carbons (Fsp3) is 1.00. The Morgan fingerprint density at radius 2 is 1.33 bits per heavy atom. The number of unbranched alkanes of at least 4 members (excludes halogenated alkanes) is 2. The molecule has 0 saturated carbocycles. The molecule has 0 heterocycles. The third-order valence-electron chi connectivity index (χ3n) is 1.18. The second kappa shape index (κ2) is 8.51. The minimum absolute atomic E-state index is 1.36. The molecule has 0 aromatic heterocycles. The Hall–Kier alpha value is 0.506. The normalized spacial score (nSPS) is 10.4. The van der Waals surface area contributed by atoms with Crippen molar-refractivity contribution in [2.75, 3.05) is 0 Å². The molecule has 0 fully saturated rings. The molecule has 0 radical (unpaired) electrons. The van der Waals surface area contributed by atoms with Crippen LogP contribution in [0.25, 0.3) is 0 Å². The molecule has 0 N–H and O–H groups in total. The van der Waals surface area contributed by atoms with E-state index in [4.69, 9.17) is 0 Å². The Bertz CT molecular complexity index is 37.8. The van der Waals surface area contributed by atoms with Crippen molar-refractivity contribution in [3.63, 3.8) is 0 Å². The Balaban J connectivity index is 2.60. The molecule has 0 atom stereocenters. The van der Waals surface area contributed by atoms with Crippen LogP contribution < -0.4 is 0 Å². The van der Waals surface area contributed by atoms with Gasteiger partial charge in [0.05, 0.1) is 0 Å². The monoisotopic (exact) mass is 173 g/mol. The van der Waals surface area contributed by atoms with Gasteiger partial charge in [-0.05, 0) is 0 Å². The van der Waals surface area contributed by atoms with Crippen molar-refractivity contribution in [1.29, 1.82) is 0 Å². The van der Waals surface area contributed by atoms with Gasteiger partial charge in [-0.25, -0.2) is 0 Å². The van der Waals surface area contributed by atoms with E-state index in [1.807, 2.05) is 0 Å². The third kappa shape index (κ3) is 8.51. The van der Waals surface area contributed by atoms with E-state index in [1.54, 1.807) is 14.7 Å². The molecule has 59 valence electrons. The summed E-state index contributed by atoms with van der Waals surface area (Å²) in [7, 11) is 0. The molecule has 0 nitrogen and oxygen atoms in total. The second-order valence-electron chi connectivity index (χ2n) is 2.21. The van der Waals surface area contributed by atoms with E-state index in [1.165, 1.54) is 36.4 Å². The predicted molar refractivity (Wildman–Crippen MR) is 39.4 cm³/mol. The van der Waals surface area contributed by atoms with Crippen molar-refractivity contribution in [1.82, 2.24) is 0 Å². The molecule has 1 heteroatoms. The van der Waals surface area contributed by atoms with Crippen LogP contribution in [0.4, 0.5) is 0 Å². The molecule has 0 bridgehead atoms. The van der Waals surface area contributed by atoms with E-state index >= 15 is 0 Å². The Kier molecular flexibility index (Phi) is 8.99. The zero-order valence-corrected chi connectivity index (χ0v) is 7.62. The van der Waals surface area contributed by atoms with Gasteiger partial charge in [0.15, 0.2) is 0 Å². The van der Waals surface area contributed by atoms with Gasteiger partial charge in [-0.15, -0.1) is 0 Å². The van der Waals surface area contributed by atoms with E-state index in [-0.39, 0.29) is 0 Å². The van der Waals surface area contributed by atoms with E-state index in [2.05, 4.69) is 13.8 Å². The van der Waals surface area contributed by atoms with Crippen molar-refractivity contribution < 1.29 is 14.7 Å². The van der Waals surface area contributed by atoms with Gasteiger partial charge in [-0.2, -0.15) is 0 Å². The molecule has 0 rings (SSSR count). The summed E-state index contributed by atoms with van der Waals surface area (Å²) in [5.74, 6) is 0.